The van der Waals surface area contributed by atoms with Crippen molar-refractivity contribution in [2.24, 2.45) is 5.10 Å². The molecule has 0 saturated heterocycles. The van der Waals surface area contributed by atoms with Gasteiger partial charge in [-0.2, -0.15) is 10.2 Å². The van der Waals surface area contributed by atoms with Gasteiger partial charge in [-0.15, -0.1) is 0 Å². The smallest absolute Gasteiger partial charge is 0.274 e. The summed E-state index contributed by atoms with van der Waals surface area (Å²) in [7, 11) is 0. The molecule has 0 aliphatic rings. The number of aromatic nitrogens is 2. The van der Waals surface area contributed by atoms with Crippen LogP contribution in [0, 0.1) is 6.92 Å². The number of nitrogens with one attached hydrogen (secondary N) is 1. The highest BCUT2D eigenvalue weighted by molar-refractivity contribution is 6.30. The predicted molar refractivity (Wildman–Crippen MR) is 113 cm³/mol. The third kappa shape index (κ3) is 4.12. The second-order valence-corrected chi connectivity index (χ2v) is 6.75. The number of hydrazone groups is 1. The number of hydrogen-bond acceptors (Lipinski definition) is 4. The molecule has 0 aliphatic carbocycles. The number of hydrogen-bond donors (Lipinski definition) is 1. The zero-order valence-electron chi connectivity index (χ0n) is 15.5. The van der Waals surface area contributed by atoms with Crippen molar-refractivity contribution in [3.63, 3.8) is 0 Å². The van der Waals surface area contributed by atoms with Crippen LogP contribution in [0.2, 0.25) is 5.02 Å². The van der Waals surface area contributed by atoms with E-state index in [1.807, 2.05) is 54.7 Å². The molecule has 0 spiro atoms. The minimum atomic E-state index is -0.341. The topological polar surface area (TPSA) is 72.4 Å². The SMILES string of the molecule is Cc1occc1C(=O)N/N=C\c1cn(-c2ccccc2)nc1-c1cccc(Cl)c1. The Morgan fingerprint density at radius 2 is 2.00 bits per heavy atom. The van der Waals surface area contributed by atoms with Crippen LogP contribution in [0.4, 0.5) is 0 Å². The van der Waals surface area contributed by atoms with Crippen LogP contribution in [0.1, 0.15) is 21.7 Å². The molecule has 0 unspecified atom stereocenters. The Morgan fingerprint density at radius 3 is 2.72 bits per heavy atom. The molecule has 2 aromatic heterocycles. The highest BCUT2D eigenvalue weighted by Gasteiger charge is 2.13. The largest absolute Gasteiger partial charge is 0.469 e. The molecule has 1 N–H and O–H groups in total. The number of amides is 1. The molecule has 0 bridgehead atoms. The maximum Gasteiger partial charge on any atom is 0.274 e. The molecule has 2 heterocycles. The van der Waals surface area contributed by atoms with Gasteiger partial charge >= 0.3 is 0 Å². The van der Waals surface area contributed by atoms with E-state index in [-0.39, 0.29) is 5.91 Å². The van der Waals surface area contributed by atoms with Crippen LogP contribution in [0.25, 0.3) is 16.9 Å². The summed E-state index contributed by atoms with van der Waals surface area (Å²) >= 11 is 6.15. The lowest BCUT2D eigenvalue weighted by molar-refractivity contribution is 0.0953. The third-order valence-electron chi connectivity index (χ3n) is 4.33. The fourth-order valence-corrected chi connectivity index (χ4v) is 3.09. The first kappa shape index (κ1) is 18.7. The number of rotatable bonds is 5. The van der Waals surface area contributed by atoms with E-state index in [1.165, 1.54) is 6.26 Å². The van der Waals surface area contributed by atoms with Crippen molar-refractivity contribution < 1.29 is 9.21 Å². The number of benzene rings is 2. The maximum atomic E-state index is 12.2. The van der Waals surface area contributed by atoms with E-state index < -0.39 is 0 Å². The molecule has 0 radical (unpaired) electrons. The summed E-state index contributed by atoms with van der Waals surface area (Å²) in [6.45, 7) is 1.72. The van der Waals surface area contributed by atoms with Crippen LogP contribution in [0.3, 0.4) is 0 Å². The van der Waals surface area contributed by atoms with Gasteiger partial charge in [-0.25, -0.2) is 10.1 Å². The fraction of sp³-hybridized carbons (Fsp3) is 0.0455. The van der Waals surface area contributed by atoms with E-state index >= 15 is 0 Å². The van der Waals surface area contributed by atoms with Gasteiger partial charge in [-0.1, -0.05) is 41.9 Å². The molecule has 6 nitrogen and oxygen atoms in total. The first-order chi connectivity index (χ1) is 14.1. The average Bonchev–Trinajstić information content (AvgIpc) is 3.35. The van der Waals surface area contributed by atoms with Crippen molar-refractivity contribution in [2.45, 2.75) is 6.92 Å². The van der Waals surface area contributed by atoms with Crippen molar-refractivity contribution in [3.8, 4) is 16.9 Å². The van der Waals surface area contributed by atoms with Crippen LogP contribution < -0.4 is 5.43 Å². The van der Waals surface area contributed by atoms with Crippen LogP contribution in [-0.4, -0.2) is 21.9 Å². The zero-order chi connectivity index (χ0) is 20.2. The molecule has 0 atom stereocenters. The molecule has 29 heavy (non-hydrogen) atoms. The van der Waals surface area contributed by atoms with E-state index in [9.17, 15) is 4.79 Å². The molecule has 1 amide bonds. The standard InChI is InChI=1S/C22H17ClN4O2/c1-15-20(10-11-29-15)22(28)25-24-13-17-14-27(19-8-3-2-4-9-19)26-21(17)16-6-5-7-18(23)12-16/h2-14H,1H3,(H,25,28)/b24-13-. The Morgan fingerprint density at radius 1 is 1.17 bits per heavy atom. The van der Waals surface area contributed by atoms with Gasteiger partial charge in [0.1, 0.15) is 11.5 Å². The highest BCUT2D eigenvalue weighted by Crippen LogP contribution is 2.25. The lowest BCUT2D eigenvalue weighted by Gasteiger charge is -2.01. The lowest BCUT2D eigenvalue weighted by Crippen LogP contribution is -2.17. The van der Waals surface area contributed by atoms with Gasteiger partial charge in [0, 0.05) is 22.3 Å². The second-order valence-electron chi connectivity index (χ2n) is 6.31. The Hall–Kier alpha value is -3.64. The van der Waals surface area contributed by atoms with E-state index in [2.05, 4.69) is 10.5 Å². The Balaban J connectivity index is 1.66. The molecule has 7 heteroatoms. The van der Waals surface area contributed by atoms with Crippen LogP contribution >= 0.6 is 11.6 Å². The minimum Gasteiger partial charge on any atom is -0.469 e. The van der Waals surface area contributed by atoms with Crippen molar-refractivity contribution >= 4 is 23.7 Å². The quantitative estimate of drug-likeness (QED) is 0.381. The van der Waals surface area contributed by atoms with E-state index in [1.54, 1.807) is 30.0 Å². The monoisotopic (exact) mass is 404 g/mol. The van der Waals surface area contributed by atoms with Gasteiger partial charge < -0.3 is 4.42 Å². The summed E-state index contributed by atoms with van der Waals surface area (Å²) in [5.41, 5.74) is 6.16. The van der Waals surface area contributed by atoms with Crippen LogP contribution in [0.15, 0.2) is 82.6 Å². The third-order valence-corrected chi connectivity index (χ3v) is 4.57. The van der Waals surface area contributed by atoms with Gasteiger partial charge in [0.2, 0.25) is 0 Å². The Bertz CT molecular complexity index is 1180. The summed E-state index contributed by atoms with van der Waals surface area (Å²) in [5, 5.41) is 9.41. The van der Waals surface area contributed by atoms with E-state index in [0.29, 0.717) is 22.0 Å². The van der Waals surface area contributed by atoms with Crippen molar-refractivity contribution in [3.05, 3.63) is 95.0 Å². The Labute approximate surface area is 172 Å². The fourth-order valence-electron chi connectivity index (χ4n) is 2.90. The molecule has 4 aromatic rings. The zero-order valence-corrected chi connectivity index (χ0v) is 16.3. The summed E-state index contributed by atoms with van der Waals surface area (Å²) < 4.78 is 6.92. The lowest BCUT2D eigenvalue weighted by atomic mass is 10.1. The molecular formula is C22H17ClN4O2. The molecular weight excluding hydrogens is 388 g/mol. The number of carbonyl (C=O) groups excluding carboxylic acids is 1. The maximum absolute atomic E-state index is 12.2. The molecule has 144 valence electrons. The summed E-state index contributed by atoms with van der Waals surface area (Å²) in [6, 6.07) is 18.8. The first-order valence-electron chi connectivity index (χ1n) is 8.90. The number of aryl methyl sites for hydroxylation is 1. The molecule has 2 aromatic carbocycles. The number of para-hydroxylation sites is 1. The first-order valence-corrected chi connectivity index (χ1v) is 9.28. The summed E-state index contributed by atoms with van der Waals surface area (Å²) in [4.78, 5) is 12.2. The van der Waals surface area contributed by atoms with Crippen LogP contribution in [-0.2, 0) is 0 Å². The van der Waals surface area contributed by atoms with Gasteiger partial charge in [0.15, 0.2) is 0 Å². The Kier molecular flexibility index (Phi) is 5.27. The molecule has 0 fully saturated rings. The number of nitrogens with zero attached hydrogens (tertiary/aromatic N) is 3. The number of carbonyl (C=O) groups is 1. The molecule has 0 aliphatic heterocycles. The molecule has 0 saturated carbocycles. The van der Waals surface area contributed by atoms with E-state index in [4.69, 9.17) is 21.1 Å². The molecule has 4 rings (SSSR count). The predicted octanol–water partition coefficient (Wildman–Crippen LogP) is 4.86. The second kappa shape index (κ2) is 8.16. The highest BCUT2D eigenvalue weighted by atomic mass is 35.5. The van der Waals surface area contributed by atoms with E-state index in [0.717, 1.165) is 16.8 Å². The summed E-state index contributed by atoms with van der Waals surface area (Å²) in [6.07, 6.45) is 4.88. The van der Waals surface area contributed by atoms with Crippen molar-refractivity contribution in [1.29, 1.82) is 0 Å². The van der Waals surface area contributed by atoms with Crippen molar-refractivity contribution in [1.82, 2.24) is 15.2 Å². The van der Waals surface area contributed by atoms with Gasteiger partial charge in [-0.3, -0.25) is 4.79 Å². The minimum absolute atomic E-state index is 0.341. The van der Waals surface area contributed by atoms with Gasteiger partial charge in [0.25, 0.3) is 5.91 Å². The average molecular weight is 405 g/mol. The van der Waals surface area contributed by atoms with Gasteiger partial charge in [0.05, 0.1) is 23.7 Å². The van der Waals surface area contributed by atoms with Crippen molar-refractivity contribution in [2.75, 3.05) is 0 Å². The number of halogens is 1. The normalized spacial score (nSPS) is 11.1. The van der Waals surface area contributed by atoms with Crippen LogP contribution in [0.5, 0.6) is 0 Å². The number of furan rings is 1. The summed E-state index contributed by atoms with van der Waals surface area (Å²) in [5.74, 6) is 0.196. The van der Waals surface area contributed by atoms with Gasteiger partial charge in [-0.05, 0) is 37.3 Å².